The number of fused-ring (bicyclic) bond motifs is 3. The summed E-state index contributed by atoms with van der Waals surface area (Å²) in [6.07, 6.45) is 6.67. The van der Waals surface area contributed by atoms with Crippen LogP contribution in [-0.4, -0.2) is 65.4 Å². The quantitative estimate of drug-likeness (QED) is 0.454. The first kappa shape index (κ1) is 26.9. The second-order valence-corrected chi connectivity index (χ2v) is 12.6. The Balaban J connectivity index is 1.12. The molecule has 0 radical (unpaired) electrons. The lowest BCUT2D eigenvalue weighted by Crippen LogP contribution is -2.57. The first-order valence-corrected chi connectivity index (χ1v) is 14.9. The lowest BCUT2D eigenvalue weighted by atomic mass is 9.80. The van der Waals surface area contributed by atoms with E-state index in [2.05, 4.69) is 9.88 Å². The number of nitrogens with one attached hydrogen (secondary N) is 1. The Labute approximate surface area is 243 Å². The Hall–Kier alpha value is -3.01. The highest BCUT2D eigenvalue weighted by atomic mass is 35.5. The number of halogens is 1. The van der Waals surface area contributed by atoms with Gasteiger partial charge in [-0.05, 0) is 57.6 Å². The molecule has 4 aliphatic rings. The Morgan fingerprint density at radius 2 is 1.85 bits per heavy atom. The summed E-state index contributed by atoms with van der Waals surface area (Å²) in [7, 11) is 1.78. The van der Waals surface area contributed by atoms with Crippen LogP contribution in [0.2, 0.25) is 5.02 Å². The van der Waals surface area contributed by atoms with Gasteiger partial charge in [-0.25, -0.2) is 0 Å². The zero-order valence-corrected chi connectivity index (χ0v) is 24.7. The zero-order chi connectivity index (χ0) is 28.6. The lowest BCUT2D eigenvalue weighted by molar-refractivity contribution is -0.130. The van der Waals surface area contributed by atoms with Crippen LogP contribution in [-0.2, 0) is 17.7 Å². The van der Waals surface area contributed by atoms with Gasteiger partial charge in [0.1, 0.15) is 5.58 Å². The van der Waals surface area contributed by atoms with Crippen LogP contribution in [0.25, 0.3) is 11.0 Å². The van der Waals surface area contributed by atoms with Gasteiger partial charge < -0.3 is 28.5 Å². The molecule has 218 valence electrons. The summed E-state index contributed by atoms with van der Waals surface area (Å²) in [6.45, 7) is 8.34. The normalized spacial score (nSPS) is 26.5. The van der Waals surface area contributed by atoms with E-state index in [9.17, 15) is 9.59 Å². The zero-order valence-electron chi connectivity index (χ0n) is 24.0. The maximum atomic E-state index is 13.9. The fraction of sp³-hybridized carbons (Fsp3) is 0.548. The number of rotatable bonds is 5. The minimum atomic E-state index is -0.835. The molecule has 0 bridgehead atoms. The van der Waals surface area contributed by atoms with E-state index >= 15 is 0 Å². The second kappa shape index (κ2) is 9.78. The number of hydrogen-bond acceptors (Lipinski definition) is 7. The van der Waals surface area contributed by atoms with Crippen LogP contribution in [0, 0.1) is 19.8 Å². The number of benzene rings is 1. The fourth-order valence-corrected chi connectivity index (χ4v) is 7.63. The molecule has 0 spiro atoms. The van der Waals surface area contributed by atoms with E-state index in [1.54, 1.807) is 18.3 Å². The smallest absolute Gasteiger partial charge is 0.256 e. The van der Waals surface area contributed by atoms with Gasteiger partial charge >= 0.3 is 0 Å². The lowest BCUT2D eigenvalue weighted by Gasteiger charge is -2.47. The molecule has 41 heavy (non-hydrogen) atoms. The monoisotopic (exact) mass is 581 g/mol. The predicted octanol–water partition coefficient (Wildman–Crippen LogP) is 4.97. The summed E-state index contributed by atoms with van der Waals surface area (Å²) < 4.78 is 24.2. The van der Waals surface area contributed by atoms with Gasteiger partial charge in [-0.1, -0.05) is 11.6 Å². The van der Waals surface area contributed by atoms with E-state index in [-0.39, 0.29) is 23.9 Å². The molecule has 1 aromatic carbocycles. The molecule has 1 aliphatic carbocycles. The van der Waals surface area contributed by atoms with Crippen molar-refractivity contribution in [1.82, 2.24) is 14.8 Å². The third-order valence-electron chi connectivity index (χ3n) is 9.86. The third-order valence-corrected chi connectivity index (χ3v) is 10.3. The molecular weight excluding hydrogens is 546 g/mol. The highest BCUT2D eigenvalue weighted by Crippen LogP contribution is 2.54. The molecule has 3 aromatic rings. The first-order chi connectivity index (χ1) is 19.7. The Morgan fingerprint density at radius 3 is 2.59 bits per heavy atom. The van der Waals surface area contributed by atoms with Gasteiger partial charge in [-0.15, -0.1) is 0 Å². The second-order valence-electron chi connectivity index (χ2n) is 12.2. The van der Waals surface area contributed by atoms with E-state index in [0.717, 1.165) is 61.0 Å². The standard InChI is InChI=1S/C31H36ClN3O6/c1-16-24-22(9-11-34(30(24)37)15-23-27-21(10-12-39-27)17(2)33-29(23)36)25(32)28-26(16)40-31(3,41-28)18-5-7-19(8-6-18)35-13-20(14-35)38-4/h10,12,18-20H,5-9,11,13-15H2,1-4H3,(H,33,36). The molecule has 3 aliphatic heterocycles. The summed E-state index contributed by atoms with van der Waals surface area (Å²) in [5, 5.41) is 1.29. The number of H-pyrrole nitrogens is 1. The molecule has 1 amide bonds. The minimum absolute atomic E-state index is 0.145. The molecule has 10 heteroatoms. The summed E-state index contributed by atoms with van der Waals surface area (Å²) in [5.41, 5.74) is 3.51. The third kappa shape index (κ3) is 4.19. The van der Waals surface area contributed by atoms with Gasteiger partial charge in [0.2, 0.25) is 0 Å². The van der Waals surface area contributed by atoms with Crippen molar-refractivity contribution in [3.63, 3.8) is 0 Å². The molecule has 1 saturated carbocycles. The van der Waals surface area contributed by atoms with Crippen LogP contribution in [0.15, 0.2) is 21.5 Å². The topological polar surface area (TPSA) is 97.2 Å². The molecule has 1 saturated heterocycles. The highest BCUT2D eigenvalue weighted by Gasteiger charge is 2.49. The van der Waals surface area contributed by atoms with Crippen molar-refractivity contribution in [1.29, 1.82) is 0 Å². The summed E-state index contributed by atoms with van der Waals surface area (Å²) in [6, 6.07) is 2.40. The minimum Gasteiger partial charge on any atom is -0.464 e. The van der Waals surface area contributed by atoms with Crippen molar-refractivity contribution in [2.24, 2.45) is 5.92 Å². The SMILES string of the molecule is COC1CN(C2CCC(C3(C)Oc4c(C)c5c(c(Cl)c4O3)CCN(Cc3c(=O)[nH]c(C)c4ccoc34)C5=O)CC2)C1. The van der Waals surface area contributed by atoms with Crippen molar-refractivity contribution in [2.45, 2.75) is 77.4 Å². The Morgan fingerprint density at radius 1 is 1.12 bits per heavy atom. The van der Waals surface area contributed by atoms with Crippen molar-refractivity contribution in [2.75, 3.05) is 26.7 Å². The van der Waals surface area contributed by atoms with E-state index in [4.69, 9.17) is 30.2 Å². The number of amides is 1. The molecule has 1 atom stereocenters. The fourth-order valence-electron chi connectivity index (χ4n) is 7.32. The summed E-state index contributed by atoms with van der Waals surface area (Å²) in [5.74, 6) is 0.315. The molecule has 1 N–H and O–H groups in total. The van der Waals surface area contributed by atoms with Crippen LogP contribution in [0.5, 0.6) is 11.5 Å². The number of ether oxygens (including phenoxy) is 3. The number of pyridine rings is 1. The molecule has 2 aromatic heterocycles. The molecular formula is C31H36ClN3O6. The van der Waals surface area contributed by atoms with Crippen LogP contribution in [0.1, 0.15) is 65.3 Å². The van der Waals surface area contributed by atoms with Crippen molar-refractivity contribution >= 4 is 28.5 Å². The van der Waals surface area contributed by atoms with Crippen LogP contribution < -0.4 is 15.0 Å². The predicted molar refractivity (Wildman–Crippen MR) is 154 cm³/mol. The van der Waals surface area contributed by atoms with E-state index in [0.29, 0.717) is 58.3 Å². The molecule has 7 rings (SSSR count). The summed E-state index contributed by atoms with van der Waals surface area (Å²) >= 11 is 6.94. The number of furan rings is 1. The number of aromatic nitrogens is 1. The number of carbonyl (C=O) groups excluding carboxylic acids is 1. The average Bonchev–Trinajstić information content (AvgIpc) is 3.57. The van der Waals surface area contributed by atoms with Crippen LogP contribution in [0.3, 0.4) is 0 Å². The van der Waals surface area contributed by atoms with Gasteiger partial charge in [0.15, 0.2) is 11.5 Å². The largest absolute Gasteiger partial charge is 0.464 e. The van der Waals surface area contributed by atoms with Crippen molar-refractivity contribution < 1.29 is 23.4 Å². The number of nitrogens with zero attached hydrogens (tertiary/aromatic N) is 2. The van der Waals surface area contributed by atoms with Crippen molar-refractivity contribution in [3.05, 3.63) is 55.7 Å². The molecule has 1 unspecified atom stereocenters. The number of likely N-dealkylation sites (tertiary alicyclic amines) is 1. The first-order valence-electron chi connectivity index (χ1n) is 14.6. The number of carbonyl (C=O) groups is 1. The summed E-state index contributed by atoms with van der Waals surface area (Å²) in [4.78, 5) is 33.9. The average molecular weight is 582 g/mol. The van der Waals surface area contributed by atoms with Gasteiger partial charge in [-0.3, -0.25) is 14.5 Å². The maximum Gasteiger partial charge on any atom is 0.256 e. The number of aromatic amines is 1. The van der Waals surface area contributed by atoms with Crippen LogP contribution >= 0.6 is 11.6 Å². The van der Waals surface area contributed by atoms with E-state index in [1.807, 2.05) is 26.8 Å². The maximum absolute atomic E-state index is 13.9. The Bertz CT molecular complexity index is 1600. The molecule has 9 nitrogen and oxygen atoms in total. The van der Waals surface area contributed by atoms with Gasteiger partial charge in [0.25, 0.3) is 17.3 Å². The van der Waals surface area contributed by atoms with Gasteiger partial charge in [0, 0.05) is 62.3 Å². The molecule has 5 heterocycles. The van der Waals surface area contributed by atoms with Gasteiger partial charge in [0.05, 0.1) is 35.1 Å². The molecule has 2 fully saturated rings. The van der Waals surface area contributed by atoms with E-state index in [1.165, 1.54) is 0 Å². The van der Waals surface area contributed by atoms with Gasteiger partial charge in [-0.2, -0.15) is 0 Å². The number of hydrogen-bond donors (Lipinski definition) is 1. The Kier molecular flexibility index (Phi) is 6.41. The van der Waals surface area contributed by atoms with E-state index < -0.39 is 5.79 Å². The van der Waals surface area contributed by atoms with Crippen molar-refractivity contribution in [3.8, 4) is 11.5 Å². The highest BCUT2D eigenvalue weighted by molar-refractivity contribution is 6.34. The number of aryl methyl sites for hydroxylation is 1. The van der Waals surface area contributed by atoms with Crippen LogP contribution in [0.4, 0.5) is 0 Å². The number of methoxy groups -OCH3 is 1.